The second kappa shape index (κ2) is 5.95. The van der Waals surface area contributed by atoms with Gasteiger partial charge in [-0.15, -0.1) is 0 Å². The van der Waals surface area contributed by atoms with Crippen molar-refractivity contribution in [1.29, 1.82) is 0 Å². The Morgan fingerprint density at radius 2 is 1.90 bits per heavy atom. The lowest BCUT2D eigenvalue weighted by atomic mass is 9.82. The van der Waals surface area contributed by atoms with Gasteiger partial charge in [0.05, 0.1) is 7.11 Å². The molecule has 0 amide bonds. The third-order valence-electron chi connectivity index (χ3n) is 2.53. The quantitative estimate of drug-likeness (QED) is 0.680. The van der Waals surface area contributed by atoms with Crippen LogP contribution in [0.15, 0.2) is 6.07 Å². The van der Waals surface area contributed by atoms with E-state index >= 15 is 0 Å². The molecule has 0 unspecified atom stereocenters. The molecule has 0 aliphatic heterocycles. The Balaban J connectivity index is 2.97. The van der Waals surface area contributed by atoms with Crippen LogP contribution in [-0.4, -0.2) is 28.6 Å². The Kier molecular flexibility index (Phi) is 4.97. The molecule has 0 aromatic carbocycles. The number of nitrogens with one attached hydrogen (secondary N) is 1. The van der Waals surface area contributed by atoms with E-state index in [9.17, 15) is 4.79 Å². The average molecular weight is 300 g/mol. The highest BCUT2D eigenvalue weighted by atomic mass is 35.5. The number of carbonyl (C=O) groups is 1. The highest BCUT2D eigenvalue weighted by molar-refractivity contribution is 6.28. The van der Waals surface area contributed by atoms with Crippen molar-refractivity contribution < 1.29 is 9.53 Å². The molecular weight excluding hydrogens is 278 g/mol. The maximum absolute atomic E-state index is 11.5. The van der Waals surface area contributed by atoms with E-state index in [-0.39, 0.29) is 21.9 Å². The summed E-state index contributed by atoms with van der Waals surface area (Å²) < 4.78 is 4.64. The van der Waals surface area contributed by atoms with Crippen molar-refractivity contribution in [1.82, 2.24) is 9.97 Å². The minimum absolute atomic E-state index is 0.0157. The van der Waals surface area contributed by atoms with Crippen LogP contribution in [0.5, 0.6) is 0 Å². The van der Waals surface area contributed by atoms with Crippen molar-refractivity contribution in [2.24, 2.45) is 5.41 Å². The molecular formula is C14H22ClN3O2. The van der Waals surface area contributed by atoms with Crippen molar-refractivity contribution in [2.45, 2.75) is 46.6 Å². The number of rotatable bonds is 4. The first-order valence-electron chi connectivity index (χ1n) is 6.43. The van der Waals surface area contributed by atoms with E-state index in [4.69, 9.17) is 11.6 Å². The largest absolute Gasteiger partial charge is 0.464 e. The molecule has 0 saturated heterocycles. The topological polar surface area (TPSA) is 64.1 Å². The minimum Gasteiger partial charge on any atom is -0.464 e. The smallest absolute Gasteiger partial charge is 0.356 e. The number of nitrogens with zero attached hydrogens (tertiary/aromatic N) is 2. The highest BCUT2D eigenvalue weighted by Gasteiger charge is 2.26. The number of carbonyl (C=O) groups excluding carboxylic acids is 1. The second-order valence-electron chi connectivity index (χ2n) is 6.65. The zero-order valence-corrected chi connectivity index (χ0v) is 13.6. The van der Waals surface area contributed by atoms with E-state index in [0.717, 1.165) is 6.42 Å². The molecule has 0 bridgehead atoms. The Bertz CT molecular complexity index is 496. The SMILES string of the molecule is COC(=O)c1cc(NC(C)(C)CC(C)(C)C)nc(Cl)n1. The van der Waals surface area contributed by atoms with Crippen LogP contribution in [0, 0.1) is 5.41 Å². The van der Waals surface area contributed by atoms with Crippen LogP contribution in [0.25, 0.3) is 0 Å². The molecule has 0 atom stereocenters. The predicted octanol–water partition coefficient (Wildman–Crippen LogP) is 3.54. The van der Waals surface area contributed by atoms with Gasteiger partial charge in [-0.3, -0.25) is 0 Å². The summed E-state index contributed by atoms with van der Waals surface area (Å²) in [5.74, 6) is -0.0226. The summed E-state index contributed by atoms with van der Waals surface area (Å²) in [6, 6.07) is 1.54. The molecule has 0 aliphatic rings. The molecule has 1 rings (SSSR count). The van der Waals surface area contributed by atoms with Crippen molar-refractivity contribution >= 4 is 23.4 Å². The highest BCUT2D eigenvalue weighted by Crippen LogP contribution is 2.29. The molecule has 0 radical (unpaired) electrons. The van der Waals surface area contributed by atoms with E-state index in [2.05, 4.69) is 54.6 Å². The molecule has 1 aromatic heterocycles. The lowest BCUT2D eigenvalue weighted by molar-refractivity contribution is 0.0594. The maximum Gasteiger partial charge on any atom is 0.356 e. The molecule has 20 heavy (non-hydrogen) atoms. The Morgan fingerprint density at radius 1 is 1.30 bits per heavy atom. The van der Waals surface area contributed by atoms with Gasteiger partial charge in [0, 0.05) is 11.6 Å². The number of halogens is 1. The second-order valence-corrected chi connectivity index (χ2v) is 6.98. The van der Waals surface area contributed by atoms with Crippen LogP contribution >= 0.6 is 11.6 Å². The molecule has 1 aromatic rings. The maximum atomic E-state index is 11.5. The predicted molar refractivity (Wildman–Crippen MR) is 80.2 cm³/mol. The molecule has 0 aliphatic carbocycles. The van der Waals surface area contributed by atoms with Gasteiger partial charge < -0.3 is 10.1 Å². The number of aromatic nitrogens is 2. The summed E-state index contributed by atoms with van der Waals surface area (Å²) in [4.78, 5) is 19.5. The third kappa shape index (κ3) is 5.33. The van der Waals surface area contributed by atoms with Crippen LogP contribution in [0.4, 0.5) is 5.82 Å². The number of ether oxygens (including phenoxy) is 1. The van der Waals surface area contributed by atoms with Gasteiger partial charge in [0.25, 0.3) is 0 Å². The first-order chi connectivity index (χ1) is 9.02. The summed E-state index contributed by atoms with van der Waals surface area (Å²) in [7, 11) is 1.30. The first kappa shape index (κ1) is 16.7. The Labute approximate surface area is 125 Å². The van der Waals surface area contributed by atoms with Gasteiger partial charge >= 0.3 is 5.97 Å². The van der Waals surface area contributed by atoms with Crippen LogP contribution in [0.3, 0.4) is 0 Å². The molecule has 0 fully saturated rings. The van der Waals surface area contributed by atoms with E-state index < -0.39 is 5.97 Å². The number of methoxy groups -OCH3 is 1. The van der Waals surface area contributed by atoms with Crippen molar-refractivity contribution in [2.75, 3.05) is 12.4 Å². The average Bonchev–Trinajstić information content (AvgIpc) is 2.22. The van der Waals surface area contributed by atoms with Crippen LogP contribution in [0.1, 0.15) is 51.5 Å². The molecule has 0 saturated carbocycles. The van der Waals surface area contributed by atoms with Gasteiger partial charge in [0.15, 0.2) is 5.69 Å². The molecule has 112 valence electrons. The van der Waals surface area contributed by atoms with Crippen molar-refractivity contribution in [3.63, 3.8) is 0 Å². The number of hydrogen-bond donors (Lipinski definition) is 1. The third-order valence-corrected chi connectivity index (χ3v) is 2.70. The van der Waals surface area contributed by atoms with Gasteiger partial charge in [-0.05, 0) is 37.3 Å². The standard InChI is InChI=1S/C14H22ClN3O2/c1-13(2,3)8-14(4,5)18-10-7-9(11(19)20-6)16-12(15)17-10/h7H,8H2,1-6H3,(H,16,17,18). The fraction of sp³-hybridized carbons (Fsp3) is 0.643. The zero-order valence-electron chi connectivity index (χ0n) is 12.9. The lowest BCUT2D eigenvalue weighted by Crippen LogP contribution is -2.35. The summed E-state index contributed by atoms with van der Waals surface area (Å²) in [6.07, 6.45) is 0.926. The summed E-state index contributed by atoms with van der Waals surface area (Å²) in [6.45, 7) is 10.7. The fourth-order valence-electron chi connectivity index (χ4n) is 2.41. The number of anilines is 1. The Morgan fingerprint density at radius 3 is 2.40 bits per heavy atom. The molecule has 6 heteroatoms. The minimum atomic E-state index is -0.536. The summed E-state index contributed by atoms with van der Waals surface area (Å²) in [5, 5.41) is 3.31. The van der Waals surface area contributed by atoms with Gasteiger partial charge in [-0.2, -0.15) is 0 Å². The van der Waals surface area contributed by atoms with E-state index in [1.54, 1.807) is 6.07 Å². The lowest BCUT2D eigenvalue weighted by Gasteiger charge is -2.33. The number of hydrogen-bond acceptors (Lipinski definition) is 5. The van der Waals surface area contributed by atoms with Crippen LogP contribution in [-0.2, 0) is 4.74 Å². The van der Waals surface area contributed by atoms with E-state index in [1.165, 1.54) is 7.11 Å². The Hall–Kier alpha value is -1.36. The first-order valence-corrected chi connectivity index (χ1v) is 6.81. The zero-order chi connectivity index (χ0) is 15.6. The normalized spacial score (nSPS) is 12.2. The van der Waals surface area contributed by atoms with Crippen LogP contribution in [0.2, 0.25) is 5.28 Å². The summed E-state index contributed by atoms with van der Waals surface area (Å²) >= 11 is 5.84. The monoisotopic (exact) mass is 299 g/mol. The van der Waals surface area contributed by atoms with E-state index in [1.807, 2.05) is 0 Å². The molecule has 1 N–H and O–H groups in total. The molecule has 1 heterocycles. The van der Waals surface area contributed by atoms with E-state index in [0.29, 0.717) is 5.82 Å². The van der Waals surface area contributed by atoms with Gasteiger partial charge in [0.2, 0.25) is 5.28 Å². The van der Waals surface area contributed by atoms with Gasteiger partial charge in [0.1, 0.15) is 5.82 Å². The molecule has 5 nitrogen and oxygen atoms in total. The number of esters is 1. The molecule has 0 spiro atoms. The van der Waals surface area contributed by atoms with Gasteiger partial charge in [-0.25, -0.2) is 14.8 Å². The van der Waals surface area contributed by atoms with Crippen LogP contribution < -0.4 is 5.32 Å². The van der Waals surface area contributed by atoms with Crippen molar-refractivity contribution in [3.8, 4) is 0 Å². The fourth-order valence-corrected chi connectivity index (χ4v) is 2.59. The summed E-state index contributed by atoms with van der Waals surface area (Å²) in [5.41, 5.74) is 0.114. The van der Waals surface area contributed by atoms with Crippen molar-refractivity contribution in [3.05, 3.63) is 17.0 Å². The van der Waals surface area contributed by atoms with Gasteiger partial charge in [-0.1, -0.05) is 20.8 Å².